The molecule has 0 N–H and O–H groups in total. The quantitative estimate of drug-likeness (QED) is 0.375. The van der Waals surface area contributed by atoms with E-state index in [-0.39, 0.29) is 0 Å². The first-order valence-electron chi connectivity index (χ1n) is 6.36. The van der Waals surface area contributed by atoms with Crippen molar-refractivity contribution in [2.75, 3.05) is 0 Å². The van der Waals surface area contributed by atoms with Crippen LogP contribution in [0.25, 0.3) is 0 Å². The highest BCUT2D eigenvalue weighted by atomic mass is 33.1. The van der Waals surface area contributed by atoms with Crippen LogP contribution in [-0.2, 0) is 0 Å². The molecule has 0 aromatic rings. The summed E-state index contributed by atoms with van der Waals surface area (Å²) >= 11 is 0. The van der Waals surface area contributed by atoms with E-state index in [1.807, 2.05) is 21.6 Å². The summed E-state index contributed by atoms with van der Waals surface area (Å²) in [5.74, 6) is 0. The van der Waals surface area contributed by atoms with Gasteiger partial charge in [-0.25, -0.2) is 0 Å². The van der Waals surface area contributed by atoms with Gasteiger partial charge < -0.3 is 0 Å². The lowest BCUT2D eigenvalue weighted by molar-refractivity contribution is 0.825. The molecule has 0 aliphatic rings. The Hall–Kier alpha value is 0.180. The van der Waals surface area contributed by atoms with Gasteiger partial charge in [-0.15, -0.1) is 0 Å². The molecule has 0 bridgehead atoms. The molecule has 0 rings (SSSR count). The van der Waals surface area contributed by atoms with Crippen LogP contribution in [0, 0.1) is 0 Å². The maximum atomic E-state index is 2.33. The van der Waals surface area contributed by atoms with Crippen LogP contribution in [0.5, 0.6) is 0 Å². The first kappa shape index (κ1) is 16.2. The van der Waals surface area contributed by atoms with Gasteiger partial charge in [0.15, 0.2) is 0 Å². The molecule has 0 aliphatic heterocycles. The van der Waals surface area contributed by atoms with Crippen LogP contribution in [0.15, 0.2) is 24.3 Å². The largest absolute Gasteiger partial charge is 0.0905 e. The fraction of sp³-hybridized carbons (Fsp3) is 0.714. The van der Waals surface area contributed by atoms with E-state index in [9.17, 15) is 0 Å². The fourth-order valence-electron chi connectivity index (χ4n) is 1.49. The zero-order chi connectivity index (χ0) is 12.2. The van der Waals surface area contributed by atoms with Crippen LogP contribution >= 0.6 is 21.6 Å². The van der Waals surface area contributed by atoms with Crippen LogP contribution < -0.4 is 0 Å². The zero-order valence-corrected chi connectivity index (χ0v) is 12.7. The number of rotatable bonds is 9. The minimum absolute atomic E-state index is 0.685. The summed E-state index contributed by atoms with van der Waals surface area (Å²) in [5, 5.41) is 1.37. The van der Waals surface area contributed by atoms with Gasteiger partial charge in [-0.3, -0.25) is 0 Å². The van der Waals surface area contributed by atoms with Crippen molar-refractivity contribution in [1.29, 1.82) is 0 Å². The number of allylic oxidation sites excluding steroid dienone is 2. The third-order valence-corrected chi connectivity index (χ3v) is 5.47. The molecule has 2 unspecified atom stereocenters. The minimum Gasteiger partial charge on any atom is -0.0905 e. The second kappa shape index (κ2) is 11.7. The molecule has 16 heavy (non-hydrogen) atoms. The van der Waals surface area contributed by atoms with Gasteiger partial charge in [-0.2, -0.15) is 0 Å². The van der Waals surface area contributed by atoms with Crippen molar-refractivity contribution in [2.24, 2.45) is 0 Å². The molecule has 0 saturated heterocycles. The van der Waals surface area contributed by atoms with E-state index in [0.29, 0.717) is 10.5 Å². The summed E-state index contributed by atoms with van der Waals surface area (Å²) < 4.78 is 0. The van der Waals surface area contributed by atoms with Crippen LogP contribution in [0.3, 0.4) is 0 Å². The lowest BCUT2D eigenvalue weighted by Crippen LogP contribution is -2.00. The Kier molecular flexibility index (Phi) is 11.8. The van der Waals surface area contributed by atoms with E-state index < -0.39 is 0 Å². The molecular weight excluding hydrogens is 232 g/mol. The Balaban J connectivity index is 4.02. The van der Waals surface area contributed by atoms with Gasteiger partial charge in [0.1, 0.15) is 0 Å². The normalized spacial score (nSPS) is 16.0. The average Bonchev–Trinajstić information content (AvgIpc) is 2.27. The molecule has 0 radical (unpaired) electrons. The van der Waals surface area contributed by atoms with Crippen molar-refractivity contribution in [3.05, 3.63) is 24.3 Å². The highest BCUT2D eigenvalue weighted by Gasteiger charge is 2.09. The summed E-state index contributed by atoms with van der Waals surface area (Å²) in [5.41, 5.74) is 0. The predicted octanol–water partition coefficient (Wildman–Crippen LogP) is 5.86. The SMILES string of the molecule is CC=CC(CCC)SSC(C=CC)CCC. The summed E-state index contributed by atoms with van der Waals surface area (Å²) in [6, 6.07) is 0. The third kappa shape index (κ3) is 8.35. The van der Waals surface area contributed by atoms with Crippen molar-refractivity contribution in [1.82, 2.24) is 0 Å². The van der Waals surface area contributed by atoms with E-state index in [1.54, 1.807) is 0 Å². The van der Waals surface area contributed by atoms with Gasteiger partial charge in [0, 0.05) is 10.5 Å². The Morgan fingerprint density at radius 1 is 0.812 bits per heavy atom. The van der Waals surface area contributed by atoms with E-state index in [0.717, 1.165) is 0 Å². The van der Waals surface area contributed by atoms with Crippen molar-refractivity contribution in [3.8, 4) is 0 Å². The third-order valence-electron chi connectivity index (χ3n) is 2.26. The van der Waals surface area contributed by atoms with Crippen molar-refractivity contribution < 1.29 is 0 Å². The van der Waals surface area contributed by atoms with Gasteiger partial charge in [0.25, 0.3) is 0 Å². The van der Waals surface area contributed by atoms with Crippen LogP contribution in [0.1, 0.15) is 53.4 Å². The molecule has 2 atom stereocenters. The van der Waals surface area contributed by atoms with Crippen molar-refractivity contribution in [2.45, 2.75) is 63.9 Å². The Morgan fingerprint density at radius 2 is 1.19 bits per heavy atom. The van der Waals surface area contributed by atoms with E-state index >= 15 is 0 Å². The van der Waals surface area contributed by atoms with Crippen molar-refractivity contribution >= 4 is 21.6 Å². The molecule has 0 aliphatic carbocycles. The standard InChI is InChI=1S/C14H26S2/c1-5-9-13(10-6-2)15-16-14(11-7-3)12-8-4/h5,7,9,11,13-14H,6,8,10,12H2,1-4H3. The second-order valence-electron chi connectivity index (χ2n) is 3.90. The summed E-state index contributed by atoms with van der Waals surface area (Å²) in [7, 11) is 4.07. The lowest BCUT2D eigenvalue weighted by atomic mass is 10.2. The number of hydrogen-bond acceptors (Lipinski definition) is 2. The zero-order valence-electron chi connectivity index (χ0n) is 11.1. The highest BCUT2D eigenvalue weighted by Crippen LogP contribution is 2.36. The fourth-order valence-corrected chi connectivity index (χ4v) is 4.70. The first-order valence-corrected chi connectivity index (χ1v) is 8.63. The van der Waals surface area contributed by atoms with Crippen LogP contribution in [0.2, 0.25) is 0 Å². The average molecular weight is 258 g/mol. The smallest absolute Gasteiger partial charge is 0.0331 e. The van der Waals surface area contributed by atoms with Gasteiger partial charge >= 0.3 is 0 Å². The first-order chi connectivity index (χ1) is 7.78. The molecule has 0 nitrogen and oxygen atoms in total. The van der Waals surface area contributed by atoms with Gasteiger partial charge in [-0.05, 0) is 26.7 Å². The maximum absolute atomic E-state index is 2.33. The molecule has 94 valence electrons. The second-order valence-corrected chi connectivity index (χ2v) is 6.65. The molecular formula is C14H26S2. The number of hydrogen-bond donors (Lipinski definition) is 0. The predicted molar refractivity (Wildman–Crippen MR) is 82.2 cm³/mol. The lowest BCUT2D eigenvalue weighted by Gasteiger charge is -2.15. The highest BCUT2D eigenvalue weighted by molar-refractivity contribution is 8.77. The topological polar surface area (TPSA) is 0 Å². The van der Waals surface area contributed by atoms with E-state index in [1.165, 1.54) is 25.7 Å². The Morgan fingerprint density at radius 3 is 1.44 bits per heavy atom. The van der Waals surface area contributed by atoms with Crippen molar-refractivity contribution in [3.63, 3.8) is 0 Å². The summed E-state index contributed by atoms with van der Waals surface area (Å²) in [4.78, 5) is 0. The Bertz CT molecular complexity index is 175. The molecule has 0 saturated carbocycles. The van der Waals surface area contributed by atoms with Gasteiger partial charge in [-0.1, -0.05) is 72.6 Å². The molecule has 0 amide bonds. The summed E-state index contributed by atoms with van der Waals surface area (Å²) in [6.07, 6.45) is 14.1. The molecule has 0 fully saturated rings. The molecule has 2 heteroatoms. The molecule has 0 spiro atoms. The van der Waals surface area contributed by atoms with E-state index in [4.69, 9.17) is 0 Å². The van der Waals surface area contributed by atoms with E-state index in [2.05, 4.69) is 52.0 Å². The van der Waals surface area contributed by atoms with Gasteiger partial charge in [0.05, 0.1) is 0 Å². The van der Waals surface area contributed by atoms with Gasteiger partial charge in [0.2, 0.25) is 0 Å². The van der Waals surface area contributed by atoms with Crippen LogP contribution in [-0.4, -0.2) is 10.5 Å². The minimum atomic E-state index is 0.685. The summed E-state index contributed by atoms with van der Waals surface area (Å²) in [6.45, 7) is 8.75. The molecule has 0 aromatic carbocycles. The molecule has 0 aromatic heterocycles. The molecule has 0 heterocycles. The van der Waals surface area contributed by atoms with Crippen LogP contribution in [0.4, 0.5) is 0 Å². The maximum Gasteiger partial charge on any atom is 0.0331 e. The Labute approximate surface area is 110 Å². The monoisotopic (exact) mass is 258 g/mol.